The molecule has 6 nitrogen and oxygen atoms in total. The highest BCUT2D eigenvalue weighted by Gasteiger charge is 2.25. The molecule has 0 spiro atoms. The molecular weight excluding hydrogens is 332 g/mol. The summed E-state index contributed by atoms with van der Waals surface area (Å²) in [5, 5.41) is 10.6. The number of aliphatic hydroxyl groups excluding tert-OH is 1. The van der Waals surface area contributed by atoms with Gasteiger partial charge in [0.15, 0.2) is 5.76 Å². The molecule has 26 heavy (non-hydrogen) atoms. The SMILES string of the molecule is O=C(c1ccc(Cn2ccc3ccccc32)o1)N1CCOC[C@@H](CO)C1. The van der Waals surface area contributed by atoms with Crippen LogP contribution in [0.5, 0.6) is 0 Å². The molecule has 6 heteroatoms. The highest BCUT2D eigenvalue weighted by atomic mass is 16.5. The van der Waals surface area contributed by atoms with Gasteiger partial charge in [-0.25, -0.2) is 0 Å². The van der Waals surface area contributed by atoms with Crippen molar-refractivity contribution in [2.24, 2.45) is 5.92 Å². The number of carbonyl (C=O) groups is 1. The lowest BCUT2D eigenvalue weighted by atomic mass is 10.1. The van der Waals surface area contributed by atoms with Gasteiger partial charge in [0.2, 0.25) is 0 Å². The Bertz CT molecular complexity index is 898. The Labute approximate surface area is 151 Å². The smallest absolute Gasteiger partial charge is 0.289 e. The van der Waals surface area contributed by atoms with Crippen LogP contribution in [0.25, 0.3) is 10.9 Å². The molecular formula is C20H22N2O4. The summed E-state index contributed by atoms with van der Waals surface area (Å²) in [4.78, 5) is 14.4. The van der Waals surface area contributed by atoms with E-state index >= 15 is 0 Å². The summed E-state index contributed by atoms with van der Waals surface area (Å²) in [5.74, 6) is 0.856. The van der Waals surface area contributed by atoms with Crippen molar-refractivity contribution in [1.29, 1.82) is 0 Å². The van der Waals surface area contributed by atoms with E-state index < -0.39 is 0 Å². The Kier molecular flexibility index (Phi) is 4.77. The number of fused-ring (bicyclic) bond motifs is 1. The Morgan fingerprint density at radius 2 is 2.08 bits per heavy atom. The number of amides is 1. The Morgan fingerprint density at radius 3 is 2.96 bits per heavy atom. The Morgan fingerprint density at radius 1 is 1.19 bits per heavy atom. The Hall–Kier alpha value is -2.57. The molecule has 1 amide bonds. The summed E-state index contributed by atoms with van der Waals surface area (Å²) in [6.45, 7) is 2.52. The van der Waals surface area contributed by atoms with Crippen LogP contribution >= 0.6 is 0 Å². The van der Waals surface area contributed by atoms with Gasteiger partial charge in [0, 0.05) is 37.3 Å². The summed E-state index contributed by atoms with van der Waals surface area (Å²) >= 11 is 0. The topological polar surface area (TPSA) is 67.8 Å². The molecule has 0 unspecified atom stereocenters. The third kappa shape index (κ3) is 3.38. The normalized spacial score (nSPS) is 18.2. The fourth-order valence-corrected chi connectivity index (χ4v) is 3.36. The van der Waals surface area contributed by atoms with Gasteiger partial charge >= 0.3 is 0 Å². The fourth-order valence-electron chi connectivity index (χ4n) is 3.36. The second-order valence-corrected chi connectivity index (χ2v) is 6.64. The Balaban J connectivity index is 1.49. The van der Waals surface area contributed by atoms with E-state index in [9.17, 15) is 9.90 Å². The quantitative estimate of drug-likeness (QED) is 0.781. The molecule has 4 rings (SSSR count). The lowest BCUT2D eigenvalue weighted by Gasteiger charge is -2.21. The average molecular weight is 354 g/mol. The van der Waals surface area contributed by atoms with E-state index in [0.717, 1.165) is 11.3 Å². The van der Waals surface area contributed by atoms with Crippen molar-refractivity contribution in [3.8, 4) is 0 Å². The van der Waals surface area contributed by atoms with E-state index in [0.29, 0.717) is 38.6 Å². The van der Waals surface area contributed by atoms with Crippen LogP contribution in [0.4, 0.5) is 0 Å². The molecule has 3 aromatic rings. The van der Waals surface area contributed by atoms with Crippen LogP contribution in [0.2, 0.25) is 0 Å². The zero-order valence-electron chi connectivity index (χ0n) is 14.5. The number of ether oxygens (including phenoxy) is 1. The first kappa shape index (κ1) is 16.9. The lowest BCUT2D eigenvalue weighted by Crippen LogP contribution is -2.36. The number of carbonyl (C=O) groups excluding carboxylic acids is 1. The van der Waals surface area contributed by atoms with Crippen molar-refractivity contribution < 1.29 is 19.1 Å². The molecule has 0 aliphatic carbocycles. The molecule has 1 atom stereocenters. The van der Waals surface area contributed by atoms with Gasteiger partial charge in [-0.3, -0.25) is 4.79 Å². The number of hydrogen-bond donors (Lipinski definition) is 1. The summed E-state index contributed by atoms with van der Waals surface area (Å²) in [6.07, 6.45) is 2.02. The fraction of sp³-hybridized carbons (Fsp3) is 0.350. The molecule has 0 saturated carbocycles. The van der Waals surface area contributed by atoms with Crippen LogP contribution in [-0.4, -0.2) is 53.4 Å². The molecule has 1 saturated heterocycles. The van der Waals surface area contributed by atoms with Crippen molar-refractivity contribution in [1.82, 2.24) is 9.47 Å². The molecule has 1 aliphatic heterocycles. The highest BCUT2D eigenvalue weighted by Crippen LogP contribution is 2.19. The van der Waals surface area contributed by atoms with Gasteiger partial charge in [-0.1, -0.05) is 18.2 Å². The molecule has 1 aliphatic rings. The number of aliphatic hydroxyl groups is 1. The number of benzene rings is 1. The molecule has 1 fully saturated rings. The first-order valence-electron chi connectivity index (χ1n) is 8.85. The minimum atomic E-state index is -0.155. The summed E-state index contributed by atoms with van der Waals surface area (Å²) in [7, 11) is 0. The third-order valence-corrected chi connectivity index (χ3v) is 4.76. The maximum absolute atomic E-state index is 12.7. The van der Waals surface area contributed by atoms with E-state index in [2.05, 4.69) is 22.8 Å². The molecule has 2 aromatic heterocycles. The maximum atomic E-state index is 12.7. The number of aromatic nitrogens is 1. The van der Waals surface area contributed by atoms with E-state index in [4.69, 9.17) is 9.15 Å². The molecule has 1 N–H and O–H groups in total. The largest absolute Gasteiger partial charge is 0.454 e. The van der Waals surface area contributed by atoms with Gasteiger partial charge in [0.1, 0.15) is 5.76 Å². The second kappa shape index (κ2) is 7.35. The maximum Gasteiger partial charge on any atom is 0.289 e. The van der Waals surface area contributed by atoms with Gasteiger partial charge in [0.25, 0.3) is 5.91 Å². The van der Waals surface area contributed by atoms with Crippen molar-refractivity contribution in [2.75, 3.05) is 32.9 Å². The first-order chi connectivity index (χ1) is 12.7. The van der Waals surface area contributed by atoms with Gasteiger partial charge in [0.05, 0.1) is 19.8 Å². The van der Waals surface area contributed by atoms with Gasteiger partial charge in [-0.2, -0.15) is 0 Å². The third-order valence-electron chi connectivity index (χ3n) is 4.76. The van der Waals surface area contributed by atoms with E-state index in [1.807, 2.05) is 24.4 Å². The van der Waals surface area contributed by atoms with Crippen molar-refractivity contribution in [3.05, 3.63) is 60.2 Å². The van der Waals surface area contributed by atoms with E-state index in [-0.39, 0.29) is 18.4 Å². The standard InChI is InChI=1S/C20H22N2O4/c23-13-15-11-22(9-10-25-14-15)20(24)19-6-5-17(26-19)12-21-8-7-16-3-1-2-4-18(16)21/h1-8,15,23H,9-14H2/t15-/m1/s1. The monoisotopic (exact) mass is 354 g/mol. The minimum Gasteiger partial charge on any atom is -0.454 e. The van der Waals surface area contributed by atoms with Gasteiger partial charge in [-0.15, -0.1) is 0 Å². The second-order valence-electron chi connectivity index (χ2n) is 6.64. The average Bonchev–Trinajstić information content (AvgIpc) is 3.22. The van der Waals surface area contributed by atoms with Crippen LogP contribution in [0.1, 0.15) is 16.3 Å². The number of furan rings is 1. The van der Waals surface area contributed by atoms with Crippen LogP contribution in [0.15, 0.2) is 53.1 Å². The number of rotatable bonds is 4. The van der Waals surface area contributed by atoms with Crippen molar-refractivity contribution >= 4 is 16.8 Å². The number of para-hydroxylation sites is 1. The van der Waals surface area contributed by atoms with Crippen molar-refractivity contribution in [3.63, 3.8) is 0 Å². The highest BCUT2D eigenvalue weighted by molar-refractivity contribution is 5.91. The zero-order valence-corrected chi connectivity index (χ0v) is 14.5. The first-order valence-corrected chi connectivity index (χ1v) is 8.85. The number of nitrogens with zero attached hydrogens (tertiary/aromatic N) is 2. The number of hydrogen-bond acceptors (Lipinski definition) is 4. The van der Waals surface area contributed by atoms with Crippen LogP contribution in [0.3, 0.4) is 0 Å². The zero-order chi connectivity index (χ0) is 17.9. The summed E-state index contributed by atoms with van der Waals surface area (Å²) in [6, 6.07) is 13.8. The van der Waals surface area contributed by atoms with E-state index in [1.165, 1.54) is 5.39 Å². The molecule has 0 radical (unpaired) electrons. The van der Waals surface area contributed by atoms with Crippen molar-refractivity contribution in [2.45, 2.75) is 6.54 Å². The molecule has 1 aromatic carbocycles. The molecule has 3 heterocycles. The molecule has 136 valence electrons. The van der Waals surface area contributed by atoms with Crippen LogP contribution in [0, 0.1) is 5.92 Å². The lowest BCUT2D eigenvalue weighted by molar-refractivity contribution is 0.0694. The summed E-state index contributed by atoms with van der Waals surface area (Å²) in [5.41, 5.74) is 1.13. The molecule has 0 bridgehead atoms. The van der Waals surface area contributed by atoms with Crippen LogP contribution in [-0.2, 0) is 11.3 Å². The predicted molar refractivity (Wildman–Crippen MR) is 97.0 cm³/mol. The van der Waals surface area contributed by atoms with Gasteiger partial charge in [-0.05, 0) is 29.7 Å². The van der Waals surface area contributed by atoms with E-state index in [1.54, 1.807) is 11.0 Å². The summed E-state index contributed by atoms with van der Waals surface area (Å²) < 4.78 is 13.4. The minimum absolute atomic E-state index is 0.00783. The van der Waals surface area contributed by atoms with Gasteiger partial charge < -0.3 is 23.7 Å². The predicted octanol–water partition coefficient (Wildman–Crippen LogP) is 2.36. The van der Waals surface area contributed by atoms with Crippen LogP contribution < -0.4 is 0 Å².